The predicted molar refractivity (Wildman–Crippen MR) is 183 cm³/mol. The number of allylic oxidation sites excluding steroid dienone is 5. The van der Waals surface area contributed by atoms with Crippen LogP contribution in [-0.2, 0) is 4.79 Å². The van der Waals surface area contributed by atoms with Crippen LogP contribution in [0.5, 0.6) is 0 Å². The maximum absolute atomic E-state index is 13.7. The van der Waals surface area contributed by atoms with Crippen molar-refractivity contribution in [2.45, 2.75) is 114 Å². The van der Waals surface area contributed by atoms with Gasteiger partial charge in [-0.1, -0.05) is 71.1 Å². The van der Waals surface area contributed by atoms with Crippen LogP contribution in [0.4, 0.5) is 0 Å². The summed E-state index contributed by atoms with van der Waals surface area (Å²) in [6.45, 7) is 22.8. The number of benzene rings is 1. The third-order valence-electron chi connectivity index (χ3n) is 8.36. The summed E-state index contributed by atoms with van der Waals surface area (Å²) in [5, 5.41) is 13.3. The van der Waals surface area contributed by atoms with Gasteiger partial charge in [0.15, 0.2) is 5.78 Å². The van der Waals surface area contributed by atoms with Crippen molar-refractivity contribution in [3.63, 3.8) is 0 Å². The van der Waals surface area contributed by atoms with Gasteiger partial charge in [0.05, 0.1) is 0 Å². The van der Waals surface area contributed by atoms with Crippen molar-refractivity contribution in [1.82, 2.24) is 10.2 Å². The zero-order valence-electron chi connectivity index (χ0n) is 28.1. The lowest BCUT2D eigenvalue weighted by molar-refractivity contribution is -0.115. The Balaban J connectivity index is 2.66. The normalized spacial score (nSPS) is 19.1. The molecule has 1 aliphatic heterocycles. The monoisotopic (exact) mass is 591 g/mol. The molecule has 0 radical (unpaired) electrons. The molecule has 4 nitrogen and oxygen atoms in total. The summed E-state index contributed by atoms with van der Waals surface area (Å²) in [7, 11) is 0. The molecule has 1 heterocycles. The molecule has 42 heavy (non-hydrogen) atoms. The van der Waals surface area contributed by atoms with Crippen molar-refractivity contribution in [3.05, 3.63) is 62.2 Å². The smallest absolute Gasteiger partial charge is 0.163 e. The van der Waals surface area contributed by atoms with E-state index >= 15 is 0 Å². The minimum absolute atomic E-state index is 0.136. The number of aryl methyl sites for hydroxylation is 3. The molecule has 0 bridgehead atoms. The first-order chi connectivity index (χ1) is 20.0. The fourth-order valence-corrected chi connectivity index (χ4v) is 7.20. The van der Waals surface area contributed by atoms with Gasteiger partial charge in [-0.2, -0.15) is 5.26 Å². The van der Waals surface area contributed by atoms with Crippen LogP contribution >= 0.6 is 11.8 Å². The summed E-state index contributed by atoms with van der Waals surface area (Å²) in [5.41, 5.74) is 8.20. The molecule has 2 rings (SSSR count). The van der Waals surface area contributed by atoms with Gasteiger partial charge in [0.1, 0.15) is 11.8 Å². The average molecular weight is 592 g/mol. The molecule has 1 aromatic rings. The Morgan fingerprint density at radius 3 is 2.38 bits per heavy atom. The van der Waals surface area contributed by atoms with Gasteiger partial charge >= 0.3 is 0 Å². The summed E-state index contributed by atoms with van der Waals surface area (Å²) in [5.74, 6) is 2.29. The van der Waals surface area contributed by atoms with Gasteiger partial charge in [-0.25, -0.2) is 0 Å². The third kappa shape index (κ3) is 11.1. The molecule has 1 aliphatic rings. The number of nitrogens with one attached hydrogen (secondary N) is 1. The molecule has 5 heteroatoms. The average Bonchev–Trinajstić information content (AvgIpc) is 2.93. The number of carbonyl (C=O) groups is 1. The number of nitrogens with zero attached hydrogens (tertiary/aromatic N) is 2. The number of hydrogen-bond donors (Lipinski definition) is 1. The molecule has 1 N–H and O–H groups in total. The second-order valence-corrected chi connectivity index (χ2v) is 13.7. The topological polar surface area (TPSA) is 56.1 Å². The first-order valence-electron chi connectivity index (χ1n) is 16.3. The second-order valence-electron chi connectivity index (χ2n) is 12.7. The molecule has 1 atom stereocenters. The lowest BCUT2D eigenvalue weighted by atomic mass is 9.92. The number of Topliss-reactive ketones (excluding diaryl/α,β-unsaturated/α-hetero) is 1. The zero-order valence-corrected chi connectivity index (χ0v) is 28.9. The Hall–Kier alpha value is -2.29. The van der Waals surface area contributed by atoms with E-state index in [2.05, 4.69) is 89.9 Å². The molecule has 0 saturated heterocycles. The van der Waals surface area contributed by atoms with E-state index in [4.69, 9.17) is 0 Å². The third-order valence-corrected chi connectivity index (χ3v) is 9.59. The molecule has 0 spiro atoms. The highest BCUT2D eigenvalue weighted by Gasteiger charge is 2.21. The SMILES string of the molecule is CCCCC(CC)CN(CSC(/C=C1C(=O)CCCCCN/C(C#N)=C\1C)=C(\C)c1c(C)cc(C)cc1C)CC(C)C. The molecular weight excluding hydrogens is 534 g/mol. The lowest BCUT2D eigenvalue weighted by Crippen LogP contribution is -2.32. The molecule has 1 aromatic carbocycles. The number of ketones is 1. The minimum Gasteiger partial charge on any atom is -0.376 e. The van der Waals surface area contributed by atoms with E-state index in [1.165, 1.54) is 53.5 Å². The van der Waals surface area contributed by atoms with Gasteiger partial charge in [-0.3, -0.25) is 9.69 Å². The number of thioether (sulfide) groups is 1. The first kappa shape index (κ1) is 35.9. The van der Waals surface area contributed by atoms with Crippen LogP contribution in [-0.4, -0.2) is 36.2 Å². The zero-order chi connectivity index (χ0) is 31.2. The first-order valence-corrected chi connectivity index (χ1v) is 17.2. The van der Waals surface area contributed by atoms with Crippen LogP contribution in [0.15, 0.2) is 40.0 Å². The highest BCUT2D eigenvalue weighted by Crippen LogP contribution is 2.35. The Kier molecular flexibility index (Phi) is 15.7. The second kappa shape index (κ2) is 18.4. The van der Waals surface area contributed by atoms with E-state index in [-0.39, 0.29) is 5.78 Å². The van der Waals surface area contributed by atoms with E-state index in [0.29, 0.717) is 29.5 Å². The molecule has 0 aromatic heterocycles. The number of hydrogen-bond acceptors (Lipinski definition) is 5. The van der Waals surface area contributed by atoms with E-state index in [9.17, 15) is 10.1 Å². The van der Waals surface area contributed by atoms with E-state index in [1.807, 2.05) is 18.7 Å². The van der Waals surface area contributed by atoms with Gasteiger partial charge in [0.2, 0.25) is 0 Å². The Bertz CT molecular complexity index is 1160. The van der Waals surface area contributed by atoms with Crippen LogP contribution in [0, 0.1) is 43.9 Å². The molecule has 1 unspecified atom stereocenters. The van der Waals surface area contributed by atoms with Crippen LogP contribution in [0.1, 0.15) is 115 Å². The summed E-state index contributed by atoms with van der Waals surface area (Å²) < 4.78 is 0. The number of rotatable bonds is 13. The lowest BCUT2D eigenvalue weighted by Gasteiger charge is -2.29. The molecule has 0 saturated carbocycles. The Morgan fingerprint density at radius 1 is 1.10 bits per heavy atom. The van der Waals surface area contributed by atoms with Crippen LogP contribution in [0.2, 0.25) is 0 Å². The van der Waals surface area contributed by atoms with E-state index in [0.717, 1.165) is 55.3 Å². The van der Waals surface area contributed by atoms with Crippen LogP contribution in [0.25, 0.3) is 5.57 Å². The Morgan fingerprint density at radius 2 is 1.79 bits per heavy atom. The van der Waals surface area contributed by atoms with Crippen molar-refractivity contribution in [2.24, 2.45) is 11.8 Å². The van der Waals surface area contributed by atoms with Gasteiger partial charge in [-0.05, 0) is 99.6 Å². The summed E-state index contributed by atoms with van der Waals surface area (Å²) in [4.78, 5) is 17.4. The fourth-order valence-electron chi connectivity index (χ4n) is 6.15. The number of nitriles is 1. The van der Waals surface area contributed by atoms with Crippen LogP contribution in [0.3, 0.4) is 0 Å². The summed E-state index contributed by atoms with van der Waals surface area (Å²) in [6, 6.07) is 6.85. The highest BCUT2D eigenvalue weighted by molar-refractivity contribution is 8.03. The number of unbranched alkanes of at least 4 members (excludes halogenated alkanes) is 1. The predicted octanol–water partition coefficient (Wildman–Crippen LogP) is 9.66. The van der Waals surface area contributed by atoms with Crippen LogP contribution < -0.4 is 5.32 Å². The fraction of sp³-hybridized carbons (Fsp3) is 0.622. The van der Waals surface area contributed by atoms with Crippen molar-refractivity contribution < 1.29 is 4.79 Å². The summed E-state index contributed by atoms with van der Waals surface area (Å²) >= 11 is 1.85. The van der Waals surface area contributed by atoms with E-state index < -0.39 is 0 Å². The highest BCUT2D eigenvalue weighted by atomic mass is 32.2. The van der Waals surface area contributed by atoms with Crippen molar-refractivity contribution in [3.8, 4) is 6.07 Å². The van der Waals surface area contributed by atoms with Crippen molar-refractivity contribution in [1.29, 1.82) is 5.26 Å². The van der Waals surface area contributed by atoms with Gasteiger partial charge in [-0.15, -0.1) is 11.8 Å². The minimum atomic E-state index is 0.136. The van der Waals surface area contributed by atoms with Crippen molar-refractivity contribution >= 4 is 23.1 Å². The standard InChI is InChI=1S/C37H57N3OS/c1-10-12-16-32(11-2)24-40(23-26(3)4)25-42-36(31(9)37-28(6)19-27(5)20-29(37)7)21-33-30(8)34(22-38)39-18-15-13-14-17-35(33)41/h19-21,26,32,39H,10-18,23-25H2,1-9H3/b33-21-,34-30-,36-31+. The molecule has 0 aliphatic carbocycles. The quantitative estimate of drug-likeness (QED) is 0.183. The maximum atomic E-state index is 13.7. The molecule has 0 amide bonds. The number of carbonyl (C=O) groups excluding carboxylic acids is 1. The molecule has 232 valence electrons. The van der Waals surface area contributed by atoms with Gasteiger partial charge in [0, 0.05) is 42.4 Å². The molecule has 0 fully saturated rings. The Labute approximate surface area is 262 Å². The van der Waals surface area contributed by atoms with Gasteiger partial charge < -0.3 is 5.32 Å². The van der Waals surface area contributed by atoms with E-state index in [1.54, 1.807) is 0 Å². The summed E-state index contributed by atoms with van der Waals surface area (Å²) in [6.07, 6.45) is 10.5. The van der Waals surface area contributed by atoms with Crippen molar-refractivity contribution in [2.75, 3.05) is 25.5 Å². The molecular formula is C37H57N3OS. The van der Waals surface area contributed by atoms with Gasteiger partial charge in [0.25, 0.3) is 0 Å². The largest absolute Gasteiger partial charge is 0.376 e. The maximum Gasteiger partial charge on any atom is 0.163 e.